The van der Waals surface area contributed by atoms with Crippen LogP contribution in [0.5, 0.6) is 11.6 Å². The number of anilines is 1. The Hall–Kier alpha value is -4.58. The number of benzene rings is 2. The molecule has 1 fully saturated rings. The van der Waals surface area contributed by atoms with E-state index in [1.54, 1.807) is 24.3 Å². The maximum Gasteiger partial charge on any atom is 0.261 e. The molecule has 0 spiro atoms. The average Bonchev–Trinajstić information content (AvgIpc) is 3.42. The second-order valence-electron chi connectivity index (χ2n) is 10.9. The van der Waals surface area contributed by atoms with Gasteiger partial charge in [0.1, 0.15) is 11.3 Å². The molecule has 220 valence electrons. The molecule has 2 unspecified atom stereocenters. The number of pyridine rings is 1. The SMILES string of the molecule is C=CC(=O)N[C@H]1CCC[C@H](NC(=O)c2sc3c(N)ccc4c3c2C(N)C(=O)C4(N)c2ccc(Oc3ccccc3)nc2)C1. The molecule has 2 amide bonds. The van der Waals surface area contributed by atoms with Crippen LogP contribution in [0.2, 0.25) is 0 Å². The summed E-state index contributed by atoms with van der Waals surface area (Å²) >= 11 is 1.20. The van der Waals surface area contributed by atoms with Gasteiger partial charge in [-0.2, -0.15) is 0 Å². The lowest BCUT2D eigenvalue weighted by molar-refractivity contribution is -0.124. The summed E-state index contributed by atoms with van der Waals surface area (Å²) < 4.78 is 6.45. The number of aromatic nitrogens is 1. The maximum atomic E-state index is 14.0. The third kappa shape index (κ3) is 5.05. The number of thiophene rings is 1. The summed E-state index contributed by atoms with van der Waals surface area (Å²) in [6.45, 7) is 3.51. The standard InChI is InChI=1S/C32H32N6O4S/c1-2-23(39)37-18-7-6-8-19(15-18)38-31(41)29-26-25-21(12-13-22(33)28(25)43-29)32(35,30(40)27(26)34)17-11-14-24(36-16-17)42-20-9-4-3-5-10-20/h2-5,9-14,16,18-19,27H,1,6-8,15,33-35H2,(H,37,39)(H,38,41)/t18-,19-,27?,32?/m0/s1. The molecule has 0 radical (unpaired) electrons. The fraction of sp³-hybridized carbons (Fsp3) is 0.250. The zero-order chi connectivity index (χ0) is 30.3. The summed E-state index contributed by atoms with van der Waals surface area (Å²) in [6.07, 6.45) is 5.79. The molecule has 43 heavy (non-hydrogen) atoms. The van der Waals surface area contributed by atoms with Crippen LogP contribution in [-0.2, 0) is 15.1 Å². The van der Waals surface area contributed by atoms with Crippen molar-refractivity contribution < 1.29 is 19.1 Å². The summed E-state index contributed by atoms with van der Waals surface area (Å²) in [4.78, 5) is 44.3. The maximum absolute atomic E-state index is 14.0. The Balaban J connectivity index is 1.34. The van der Waals surface area contributed by atoms with Crippen LogP contribution in [0.4, 0.5) is 5.69 Å². The first kappa shape index (κ1) is 28.5. The third-order valence-corrected chi connectivity index (χ3v) is 9.47. The molecule has 8 N–H and O–H groups in total. The number of nitrogens with one attached hydrogen (secondary N) is 2. The second kappa shape index (κ2) is 11.3. The highest BCUT2D eigenvalue weighted by Crippen LogP contribution is 2.49. The minimum absolute atomic E-state index is 0.0626. The molecule has 6 rings (SSSR count). The van der Waals surface area contributed by atoms with Crippen LogP contribution in [0, 0.1) is 0 Å². The van der Waals surface area contributed by atoms with Gasteiger partial charge < -0.3 is 32.6 Å². The summed E-state index contributed by atoms with van der Waals surface area (Å²) in [6, 6.07) is 14.6. The van der Waals surface area contributed by atoms with Crippen LogP contribution >= 0.6 is 11.3 Å². The number of hydrogen-bond donors (Lipinski definition) is 5. The predicted octanol–water partition coefficient (Wildman–Crippen LogP) is 3.80. The molecule has 4 atom stereocenters. The third-order valence-electron chi connectivity index (χ3n) is 8.22. The molecule has 2 aromatic carbocycles. The molecule has 2 aliphatic rings. The zero-order valence-electron chi connectivity index (χ0n) is 23.3. The molecule has 10 nitrogen and oxygen atoms in total. The Kier molecular flexibility index (Phi) is 7.47. The van der Waals surface area contributed by atoms with Crippen molar-refractivity contribution in [3.8, 4) is 11.6 Å². The Morgan fingerprint density at radius 3 is 2.51 bits per heavy atom. The Morgan fingerprint density at radius 1 is 1.07 bits per heavy atom. The largest absolute Gasteiger partial charge is 0.439 e. The van der Waals surface area contributed by atoms with Gasteiger partial charge in [-0.15, -0.1) is 11.3 Å². The molecule has 4 aromatic rings. The molecule has 0 aliphatic heterocycles. The number of rotatable bonds is 7. The summed E-state index contributed by atoms with van der Waals surface area (Å²) in [5.74, 6) is -0.0591. The lowest BCUT2D eigenvalue weighted by Crippen LogP contribution is -2.52. The van der Waals surface area contributed by atoms with Gasteiger partial charge >= 0.3 is 0 Å². The van der Waals surface area contributed by atoms with E-state index in [9.17, 15) is 14.4 Å². The minimum Gasteiger partial charge on any atom is -0.439 e. The lowest BCUT2D eigenvalue weighted by atomic mass is 9.71. The Morgan fingerprint density at radius 2 is 1.81 bits per heavy atom. The van der Waals surface area contributed by atoms with Crippen LogP contribution in [0.25, 0.3) is 10.1 Å². The topological polar surface area (TPSA) is 175 Å². The Bertz CT molecular complexity index is 1740. The molecule has 0 saturated heterocycles. The van der Waals surface area contributed by atoms with Crippen LogP contribution in [-0.4, -0.2) is 34.7 Å². The van der Waals surface area contributed by atoms with Gasteiger partial charge in [-0.25, -0.2) is 4.98 Å². The smallest absolute Gasteiger partial charge is 0.261 e. The number of Topliss-reactive ketones (excluding diaryl/α,β-unsaturated/α-hetero) is 1. The number of ketones is 1. The average molecular weight is 597 g/mol. The number of ether oxygens (including phenoxy) is 1. The van der Waals surface area contributed by atoms with E-state index in [2.05, 4.69) is 22.2 Å². The predicted molar refractivity (Wildman–Crippen MR) is 166 cm³/mol. The van der Waals surface area contributed by atoms with Crippen LogP contribution in [0.15, 0.2) is 73.4 Å². The first-order valence-electron chi connectivity index (χ1n) is 14.1. The van der Waals surface area contributed by atoms with E-state index in [1.807, 2.05) is 30.3 Å². The van der Waals surface area contributed by atoms with E-state index in [4.69, 9.17) is 21.9 Å². The quantitative estimate of drug-likeness (QED) is 0.158. The normalized spacial score (nSPS) is 23.0. The molecular weight excluding hydrogens is 564 g/mol. The van der Waals surface area contributed by atoms with E-state index in [-0.39, 0.29) is 23.9 Å². The highest BCUT2D eigenvalue weighted by molar-refractivity contribution is 7.21. The molecule has 1 saturated carbocycles. The molecule has 2 aliphatic carbocycles. The van der Waals surface area contributed by atoms with Crippen molar-refractivity contribution in [1.29, 1.82) is 0 Å². The Labute approximate surface area is 252 Å². The molecule has 0 bridgehead atoms. The first-order valence-corrected chi connectivity index (χ1v) is 14.9. The zero-order valence-corrected chi connectivity index (χ0v) is 24.2. The van der Waals surface area contributed by atoms with Gasteiger partial charge in [0.15, 0.2) is 5.78 Å². The van der Waals surface area contributed by atoms with Crippen molar-refractivity contribution in [2.75, 3.05) is 5.73 Å². The second-order valence-corrected chi connectivity index (χ2v) is 12.0. The van der Waals surface area contributed by atoms with Gasteiger partial charge in [-0.3, -0.25) is 14.4 Å². The number of hydrogen-bond acceptors (Lipinski definition) is 9. The number of nitrogen functional groups attached to an aromatic ring is 1. The van der Waals surface area contributed by atoms with Crippen molar-refractivity contribution in [1.82, 2.24) is 15.6 Å². The van der Waals surface area contributed by atoms with Crippen molar-refractivity contribution in [3.05, 3.63) is 95.0 Å². The number of amides is 2. The summed E-state index contributed by atoms with van der Waals surface area (Å²) in [5.41, 5.74) is 20.2. The first-order chi connectivity index (χ1) is 20.7. The van der Waals surface area contributed by atoms with Crippen molar-refractivity contribution in [2.24, 2.45) is 11.5 Å². The van der Waals surface area contributed by atoms with Gasteiger partial charge in [-0.05, 0) is 61.6 Å². The fourth-order valence-electron chi connectivity index (χ4n) is 6.09. The minimum atomic E-state index is -1.62. The van der Waals surface area contributed by atoms with Gasteiger partial charge in [0.25, 0.3) is 5.91 Å². The van der Waals surface area contributed by atoms with E-state index in [0.29, 0.717) is 55.4 Å². The monoisotopic (exact) mass is 596 g/mol. The number of nitrogens with two attached hydrogens (primary N) is 3. The van der Waals surface area contributed by atoms with E-state index < -0.39 is 17.4 Å². The van der Waals surface area contributed by atoms with Gasteiger partial charge in [0.05, 0.1) is 15.6 Å². The summed E-state index contributed by atoms with van der Waals surface area (Å²) in [7, 11) is 0. The van der Waals surface area contributed by atoms with Gasteiger partial charge in [0, 0.05) is 46.5 Å². The van der Waals surface area contributed by atoms with Crippen LogP contribution in [0.1, 0.15) is 58.1 Å². The van der Waals surface area contributed by atoms with Crippen molar-refractivity contribution in [3.63, 3.8) is 0 Å². The van der Waals surface area contributed by atoms with E-state index in [0.717, 1.165) is 19.3 Å². The van der Waals surface area contributed by atoms with Crippen LogP contribution in [0.3, 0.4) is 0 Å². The molecular formula is C32H32N6O4S. The van der Waals surface area contributed by atoms with Gasteiger partial charge in [-0.1, -0.05) is 30.8 Å². The van der Waals surface area contributed by atoms with E-state index in [1.165, 1.54) is 23.6 Å². The number of para-hydroxylation sites is 1. The number of carbonyl (C=O) groups is 3. The van der Waals surface area contributed by atoms with Gasteiger partial charge in [0.2, 0.25) is 11.8 Å². The lowest BCUT2D eigenvalue weighted by Gasteiger charge is -2.36. The summed E-state index contributed by atoms with van der Waals surface area (Å²) in [5, 5.41) is 6.64. The van der Waals surface area contributed by atoms with E-state index >= 15 is 0 Å². The number of carbonyl (C=O) groups excluding carboxylic acids is 3. The van der Waals surface area contributed by atoms with Crippen molar-refractivity contribution >= 4 is 44.7 Å². The highest BCUT2D eigenvalue weighted by Gasteiger charge is 2.49. The number of nitrogens with zero attached hydrogens (tertiary/aromatic N) is 1. The van der Waals surface area contributed by atoms with Crippen molar-refractivity contribution in [2.45, 2.75) is 49.3 Å². The molecule has 2 heterocycles. The molecule has 11 heteroatoms. The fourth-order valence-corrected chi connectivity index (χ4v) is 7.30. The molecule has 2 aromatic heterocycles. The van der Waals surface area contributed by atoms with Crippen LogP contribution < -0.4 is 32.6 Å². The highest BCUT2D eigenvalue weighted by atomic mass is 32.1.